The Labute approximate surface area is 194 Å². The number of benzene rings is 1. The number of hydrogen-bond acceptors (Lipinski definition) is 2. The van der Waals surface area contributed by atoms with Gasteiger partial charge in [-0.25, -0.2) is 0 Å². The highest BCUT2D eigenvalue weighted by Gasteiger charge is 2.20. The van der Waals surface area contributed by atoms with Crippen LogP contribution in [-0.2, 0) is 0 Å². The van der Waals surface area contributed by atoms with Crippen molar-refractivity contribution in [3.8, 4) is 0 Å². The van der Waals surface area contributed by atoms with Gasteiger partial charge in [0.25, 0.3) is 0 Å². The third kappa shape index (κ3) is 11.5. The first kappa shape index (κ1) is 29.4. The Bertz CT molecular complexity index is 602. The van der Waals surface area contributed by atoms with E-state index in [1.54, 1.807) is 0 Å². The summed E-state index contributed by atoms with van der Waals surface area (Å²) in [6.45, 7) is 17.5. The quantitative estimate of drug-likeness (QED) is 0.455. The Hall–Kier alpha value is -1.64. The van der Waals surface area contributed by atoms with Crippen LogP contribution in [0, 0.1) is 0 Å². The van der Waals surface area contributed by atoms with Gasteiger partial charge in [-0.15, -0.1) is 0 Å². The lowest BCUT2D eigenvalue weighted by Crippen LogP contribution is -2.37. The first-order valence-corrected chi connectivity index (χ1v) is 12.5. The Morgan fingerprint density at radius 3 is 2.16 bits per heavy atom. The average Bonchev–Trinajstić information content (AvgIpc) is 2.84. The van der Waals surface area contributed by atoms with Crippen LogP contribution in [0.3, 0.4) is 0 Å². The molecule has 2 unspecified atom stereocenters. The highest BCUT2D eigenvalue weighted by Crippen LogP contribution is 2.25. The molecule has 0 aliphatic carbocycles. The molecule has 0 bridgehead atoms. The molecule has 2 aliphatic heterocycles. The highest BCUT2D eigenvalue weighted by atomic mass is 15.1. The lowest BCUT2D eigenvalue weighted by molar-refractivity contribution is 0.215. The molecule has 0 amide bonds. The van der Waals surface area contributed by atoms with Crippen molar-refractivity contribution in [2.24, 2.45) is 0 Å². The largest absolute Gasteiger partial charge is 0.306 e. The fourth-order valence-electron chi connectivity index (χ4n) is 4.24. The van der Waals surface area contributed by atoms with Gasteiger partial charge in [-0.2, -0.15) is 0 Å². The number of allylic oxidation sites excluding steroid dienone is 3. The molecule has 176 valence electrons. The monoisotopic (exact) mass is 426 g/mol. The zero-order valence-electron chi connectivity index (χ0n) is 21.6. The van der Waals surface area contributed by atoms with Gasteiger partial charge in [0.05, 0.1) is 0 Å². The molecule has 2 heterocycles. The summed E-state index contributed by atoms with van der Waals surface area (Å²) in [4.78, 5) is 4.88. The second kappa shape index (κ2) is 19.1. The van der Waals surface area contributed by atoms with Gasteiger partial charge in [0, 0.05) is 12.6 Å². The van der Waals surface area contributed by atoms with Crippen molar-refractivity contribution >= 4 is 0 Å². The minimum atomic E-state index is 0.616. The van der Waals surface area contributed by atoms with Crippen LogP contribution in [0.5, 0.6) is 0 Å². The Balaban J connectivity index is 0.000000501. The summed E-state index contributed by atoms with van der Waals surface area (Å²) in [5, 5.41) is 0. The molecule has 3 rings (SSSR count). The molecule has 2 nitrogen and oxygen atoms in total. The maximum Gasteiger partial charge on any atom is 0.0341 e. The van der Waals surface area contributed by atoms with E-state index in [0.29, 0.717) is 6.04 Å². The first-order valence-electron chi connectivity index (χ1n) is 12.5. The molecule has 1 aromatic rings. The van der Waals surface area contributed by atoms with E-state index in [9.17, 15) is 0 Å². The van der Waals surface area contributed by atoms with Crippen LogP contribution in [-0.4, -0.2) is 49.6 Å². The molecule has 2 heteroatoms. The molecule has 2 atom stereocenters. The van der Waals surface area contributed by atoms with Gasteiger partial charge < -0.3 is 4.90 Å². The van der Waals surface area contributed by atoms with E-state index in [0.717, 1.165) is 5.92 Å². The topological polar surface area (TPSA) is 6.48 Å². The van der Waals surface area contributed by atoms with Crippen LogP contribution in [0.4, 0.5) is 0 Å². The van der Waals surface area contributed by atoms with Gasteiger partial charge in [-0.05, 0) is 76.8 Å². The zero-order chi connectivity index (χ0) is 23.5. The molecule has 2 fully saturated rings. The van der Waals surface area contributed by atoms with E-state index in [1.807, 2.05) is 39.8 Å². The Kier molecular flexibility index (Phi) is 18.1. The predicted octanol–water partition coefficient (Wildman–Crippen LogP) is 7.71. The summed E-state index contributed by atoms with van der Waals surface area (Å²) in [7, 11) is 4.43. The van der Waals surface area contributed by atoms with Crippen LogP contribution < -0.4 is 0 Å². The van der Waals surface area contributed by atoms with Crippen LogP contribution in [0.2, 0.25) is 0 Å². The molecular formula is C29H50N2. The van der Waals surface area contributed by atoms with E-state index in [1.165, 1.54) is 62.9 Å². The summed E-state index contributed by atoms with van der Waals surface area (Å²) in [5.41, 5.74) is 2.93. The standard InChI is InChI=1S/C13H21N.C12H17N.2C2H6/c1-4-6-9-12(5-2)13-10-7-8-11-14(13)3;1-13-9-5-8-12(10-13)11-6-3-2-4-7-11;2*1-2/h4-6,9,13H,1,7-8,10-11H2,2-3H3;2-4,6-7,12H,5,8-10H2,1H3;2*1-2H3/b9-6-,12-5+;;;. The molecule has 1 aromatic carbocycles. The molecule has 0 saturated carbocycles. The molecule has 2 saturated heterocycles. The number of nitrogens with zero attached hydrogens (tertiary/aromatic N) is 2. The molecule has 0 N–H and O–H groups in total. The molecule has 31 heavy (non-hydrogen) atoms. The SMILES string of the molecule is C=C/C=C\C(=C/C)C1CCCCN1C.CC.CC.CN1CCCC(c2ccccc2)C1. The van der Waals surface area contributed by atoms with Crippen molar-refractivity contribution in [3.05, 3.63) is 72.4 Å². The fraction of sp³-hybridized carbons (Fsp3) is 0.586. The van der Waals surface area contributed by atoms with E-state index in [4.69, 9.17) is 0 Å². The summed E-state index contributed by atoms with van der Waals surface area (Å²) >= 11 is 0. The van der Waals surface area contributed by atoms with Crippen LogP contribution in [0.15, 0.2) is 66.8 Å². The van der Waals surface area contributed by atoms with E-state index >= 15 is 0 Å². The average molecular weight is 427 g/mol. The summed E-state index contributed by atoms with van der Waals surface area (Å²) in [6.07, 6.45) is 14.9. The zero-order valence-corrected chi connectivity index (χ0v) is 21.6. The second-order valence-electron chi connectivity index (χ2n) is 7.89. The van der Waals surface area contributed by atoms with Crippen molar-refractivity contribution in [2.75, 3.05) is 33.7 Å². The maximum atomic E-state index is 3.70. The van der Waals surface area contributed by atoms with Gasteiger partial charge in [0.15, 0.2) is 0 Å². The molecule has 0 spiro atoms. The van der Waals surface area contributed by atoms with Gasteiger partial charge >= 0.3 is 0 Å². The molecular weight excluding hydrogens is 376 g/mol. The Morgan fingerprint density at radius 2 is 1.61 bits per heavy atom. The second-order valence-corrected chi connectivity index (χ2v) is 7.89. The van der Waals surface area contributed by atoms with Gasteiger partial charge in [0.1, 0.15) is 0 Å². The number of piperidine rings is 2. The molecule has 0 aromatic heterocycles. The lowest BCUT2D eigenvalue weighted by Gasteiger charge is -2.33. The van der Waals surface area contributed by atoms with E-state index in [2.05, 4.69) is 79.9 Å². The van der Waals surface area contributed by atoms with E-state index in [-0.39, 0.29) is 0 Å². The van der Waals surface area contributed by atoms with Gasteiger partial charge in [-0.3, -0.25) is 4.90 Å². The molecule has 2 aliphatic rings. The number of hydrogen-bond donors (Lipinski definition) is 0. The van der Waals surface area contributed by atoms with Crippen LogP contribution in [0.25, 0.3) is 0 Å². The fourth-order valence-corrected chi connectivity index (χ4v) is 4.24. The van der Waals surface area contributed by atoms with Crippen LogP contribution >= 0.6 is 0 Å². The van der Waals surface area contributed by atoms with Crippen LogP contribution in [0.1, 0.15) is 78.2 Å². The third-order valence-corrected chi connectivity index (χ3v) is 5.81. The van der Waals surface area contributed by atoms with Gasteiger partial charge in [0.2, 0.25) is 0 Å². The minimum absolute atomic E-state index is 0.616. The summed E-state index contributed by atoms with van der Waals surface area (Å²) in [6, 6.07) is 11.5. The summed E-state index contributed by atoms with van der Waals surface area (Å²) < 4.78 is 0. The number of rotatable bonds is 4. The molecule has 0 radical (unpaired) electrons. The van der Waals surface area contributed by atoms with Crippen molar-refractivity contribution in [2.45, 2.75) is 78.7 Å². The normalized spacial score (nSPS) is 22.2. The summed E-state index contributed by atoms with van der Waals surface area (Å²) in [5.74, 6) is 0.764. The van der Waals surface area contributed by atoms with Crippen molar-refractivity contribution in [1.29, 1.82) is 0 Å². The Morgan fingerprint density at radius 1 is 0.935 bits per heavy atom. The minimum Gasteiger partial charge on any atom is -0.306 e. The smallest absolute Gasteiger partial charge is 0.0341 e. The predicted molar refractivity (Wildman–Crippen MR) is 142 cm³/mol. The first-order chi connectivity index (χ1) is 15.2. The number of likely N-dealkylation sites (N-methyl/N-ethyl adjacent to an activating group) is 2. The lowest BCUT2D eigenvalue weighted by atomic mass is 9.91. The van der Waals surface area contributed by atoms with Crippen molar-refractivity contribution < 1.29 is 0 Å². The maximum absolute atomic E-state index is 3.70. The van der Waals surface area contributed by atoms with Crippen molar-refractivity contribution in [3.63, 3.8) is 0 Å². The third-order valence-electron chi connectivity index (χ3n) is 5.81. The number of likely N-dealkylation sites (tertiary alicyclic amines) is 2. The van der Waals surface area contributed by atoms with Crippen molar-refractivity contribution in [1.82, 2.24) is 9.80 Å². The highest BCUT2D eigenvalue weighted by molar-refractivity contribution is 5.26. The van der Waals surface area contributed by atoms with Gasteiger partial charge in [-0.1, -0.05) is 95.3 Å². The van der Waals surface area contributed by atoms with E-state index < -0.39 is 0 Å².